The number of benzene rings is 2. The van der Waals surface area contributed by atoms with Crippen LogP contribution in [-0.2, 0) is 42.9 Å². The monoisotopic (exact) mass is 1240 g/mol. The van der Waals surface area contributed by atoms with E-state index in [2.05, 4.69) is 9.15 Å². The summed E-state index contributed by atoms with van der Waals surface area (Å²) in [7, 11) is 0. The molecular weight excluding hydrogens is 1190 g/mol. The minimum Gasteiger partial charge on any atom is -1.00 e. The summed E-state index contributed by atoms with van der Waals surface area (Å²) in [6.45, 7) is 11.9. The second-order valence-electron chi connectivity index (χ2n) is 17.9. The van der Waals surface area contributed by atoms with Crippen LogP contribution in [0.5, 0.6) is 34.5 Å². The molecule has 4 aliphatic heterocycles. The van der Waals surface area contributed by atoms with Crippen LogP contribution < -0.4 is 85.1 Å². The van der Waals surface area contributed by atoms with E-state index >= 15 is 0 Å². The number of esters is 3. The Labute approximate surface area is 472 Å². The molecular formula is C52H55Cl2IN2O17S2. The van der Waals surface area contributed by atoms with E-state index in [1.807, 2.05) is 53.2 Å². The number of halogens is 3. The fourth-order valence-electron chi connectivity index (χ4n) is 8.03. The molecule has 0 N–H and O–H groups in total. The molecule has 0 bridgehead atoms. The van der Waals surface area contributed by atoms with Gasteiger partial charge >= 0.3 is 29.0 Å². The van der Waals surface area contributed by atoms with Gasteiger partial charge in [0.05, 0.1) is 31.4 Å². The maximum atomic E-state index is 12.2. The van der Waals surface area contributed by atoms with E-state index in [4.69, 9.17) is 72.5 Å². The lowest BCUT2D eigenvalue weighted by Gasteiger charge is -2.19. The summed E-state index contributed by atoms with van der Waals surface area (Å²) >= 11 is 8.22. The molecule has 6 aromatic rings. The molecule has 0 saturated carbocycles. The van der Waals surface area contributed by atoms with Crippen LogP contribution in [0.2, 0.25) is 0 Å². The Morgan fingerprint density at radius 2 is 0.974 bits per heavy atom. The third kappa shape index (κ3) is 15.1. The first kappa shape index (κ1) is 58.1. The van der Waals surface area contributed by atoms with Gasteiger partial charge in [0.15, 0.2) is 71.8 Å². The Kier molecular flexibility index (Phi) is 20.7. The number of nitrogens with zero attached hydrogens (tertiary/aromatic N) is 2. The van der Waals surface area contributed by atoms with E-state index in [0.29, 0.717) is 136 Å². The third-order valence-corrected chi connectivity index (χ3v) is 13.7. The molecule has 0 aliphatic carbocycles. The van der Waals surface area contributed by atoms with Crippen LogP contribution in [0.1, 0.15) is 46.5 Å². The topological polar surface area (TPSA) is 202 Å². The molecule has 4 aromatic heterocycles. The highest BCUT2D eigenvalue weighted by Gasteiger charge is 2.25. The van der Waals surface area contributed by atoms with Crippen molar-refractivity contribution >= 4 is 78.0 Å². The lowest BCUT2D eigenvalue weighted by molar-refractivity contribution is -0.160. The van der Waals surface area contributed by atoms with Crippen LogP contribution in [0.3, 0.4) is 0 Å². The Morgan fingerprint density at radius 1 is 0.566 bits per heavy atom. The van der Waals surface area contributed by atoms with Gasteiger partial charge in [0.2, 0.25) is 18.8 Å². The predicted octanol–water partition coefficient (Wildman–Crippen LogP) is 0.904. The Morgan fingerprint density at radius 3 is 1.39 bits per heavy atom. The number of hydrogen-bond donors (Lipinski definition) is 0. The van der Waals surface area contributed by atoms with E-state index in [1.54, 1.807) is 26.8 Å². The third-order valence-electron chi connectivity index (χ3n) is 11.6. The Bertz CT molecular complexity index is 3180. The maximum absolute atomic E-state index is 12.2. The lowest BCUT2D eigenvalue weighted by atomic mass is 10.1. The van der Waals surface area contributed by atoms with Crippen molar-refractivity contribution in [3.63, 3.8) is 0 Å². The van der Waals surface area contributed by atoms with Gasteiger partial charge in [0, 0.05) is 28.3 Å². The highest BCUT2D eigenvalue weighted by molar-refractivity contribution is 7.18. The van der Waals surface area contributed by atoms with E-state index in [-0.39, 0.29) is 75.7 Å². The van der Waals surface area contributed by atoms with Gasteiger partial charge in [0.1, 0.15) is 67.9 Å². The molecule has 76 heavy (non-hydrogen) atoms. The summed E-state index contributed by atoms with van der Waals surface area (Å²) in [5.74, 6) is 2.32. The standard InChI is InChI=1S/C28H32NO9S.C24H23ClNO8S.ClH.HI/c1-28(2,3)38-25(31)7-6-24(30)36-17-35-22-15-23(29-8-10-32-11-9-29)37-26-19(16-39-27(22)26)18-4-5-20-21(14-18)34-13-12-33-20;25-20(27)3-4-22(28)33-14-32-19-12-21(26-5-7-29-8-6-26)34-23-16(13-35-24(19)23)15-1-2-17-18(11-15)31-10-9-30-17;;/h4-5,14-16H,6-13,17H2,1-3H3;1-2,11-13H,3-10,14H2;2*1H/q2*+1;;/p-2. The summed E-state index contributed by atoms with van der Waals surface area (Å²) in [5.41, 5.74) is 5.60. The first-order valence-electron chi connectivity index (χ1n) is 24.0. The van der Waals surface area contributed by atoms with Crippen LogP contribution in [-0.4, -0.2) is 121 Å². The van der Waals surface area contributed by atoms with Gasteiger partial charge < -0.3 is 97.3 Å². The first-order chi connectivity index (χ1) is 35.8. The van der Waals surface area contributed by atoms with Crippen molar-refractivity contribution in [3.8, 4) is 56.8 Å². The van der Waals surface area contributed by atoms with E-state index in [1.165, 1.54) is 22.7 Å². The highest BCUT2D eigenvalue weighted by Crippen LogP contribution is 2.43. The van der Waals surface area contributed by atoms with Gasteiger partial charge in [0.25, 0.3) is 0 Å². The SMILES string of the molecule is CC(C)(C)OC(=O)CCC(=O)OCOc1cc(=[N+]2CCOCC2)oc2c(-c3ccc4c(c3)OCCO4)csc12.O=C(Cl)CCC(=O)OCOc1cc(=[N+]2CCOCC2)oc2c(-c3ccc4c(c3)OCCO4)csc12.[Cl-].[I-]. The molecule has 0 radical (unpaired) electrons. The number of carbonyl (C=O) groups is 4. The normalized spacial score (nSPS) is 14.8. The van der Waals surface area contributed by atoms with Gasteiger partial charge in [-0.2, -0.15) is 9.15 Å². The molecule has 10 rings (SSSR count). The highest BCUT2D eigenvalue weighted by atomic mass is 127. The van der Waals surface area contributed by atoms with Crippen molar-refractivity contribution < 1.29 is 117 Å². The molecule has 8 heterocycles. The summed E-state index contributed by atoms with van der Waals surface area (Å²) < 4.78 is 79.7. The average molecular weight is 1240 g/mol. The van der Waals surface area contributed by atoms with Crippen LogP contribution in [0.4, 0.5) is 0 Å². The molecule has 0 atom stereocenters. The molecule has 408 valence electrons. The molecule has 2 saturated heterocycles. The predicted molar refractivity (Wildman–Crippen MR) is 271 cm³/mol. The number of thiophene rings is 2. The summed E-state index contributed by atoms with van der Waals surface area (Å²) in [4.78, 5) is 46.8. The van der Waals surface area contributed by atoms with Gasteiger partial charge in [-0.3, -0.25) is 19.2 Å². The number of ether oxygens (including phenoxy) is 11. The van der Waals surface area contributed by atoms with Gasteiger partial charge in [-0.1, -0.05) is 12.1 Å². The maximum Gasteiger partial charge on any atom is 0.371 e. The second-order valence-corrected chi connectivity index (χ2v) is 20.1. The van der Waals surface area contributed by atoms with Gasteiger partial charge in [-0.05, 0) is 67.8 Å². The van der Waals surface area contributed by atoms with Crippen LogP contribution in [0.15, 0.2) is 68.1 Å². The van der Waals surface area contributed by atoms with Crippen molar-refractivity contribution in [2.45, 2.75) is 52.1 Å². The number of carbonyl (C=O) groups excluding carboxylic acids is 4. The van der Waals surface area contributed by atoms with E-state index < -0.39 is 28.8 Å². The zero-order chi connectivity index (χ0) is 51.6. The number of fused-ring (bicyclic) bond motifs is 4. The number of hydrogen-bond acceptors (Lipinski definition) is 19. The fourth-order valence-corrected chi connectivity index (χ4v) is 10.1. The number of rotatable bonds is 14. The lowest BCUT2D eigenvalue weighted by Crippen LogP contribution is -3.00. The molecule has 4 aliphatic rings. The van der Waals surface area contributed by atoms with Crippen molar-refractivity contribution in [1.29, 1.82) is 0 Å². The van der Waals surface area contributed by atoms with Crippen molar-refractivity contribution in [1.82, 2.24) is 9.15 Å². The molecule has 0 amide bonds. The van der Waals surface area contributed by atoms with Crippen LogP contribution in [0, 0.1) is 0 Å². The quantitative estimate of drug-likeness (QED) is 0.0372. The molecule has 2 fully saturated rings. The summed E-state index contributed by atoms with van der Waals surface area (Å²) in [5, 5.41) is 3.41. The first-order valence-corrected chi connectivity index (χ1v) is 26.2. The fraction of sp³-hybridized carbons (Fsp3) is 0.423. The largest absolute Gasteiger partial charge is 1.00 e. The molecule has 19 nitrogen and oxygen atoms in total. The van der Waals surface area contributed by atoms with E-state index in [9.17, 15) is 19.2 Å². The van der Waals surface area contributed by atoms with Gasteiger partial charge in [-0.15, -0.1) is 22.7 Å². The minimum absolute atomic E-state index is 0. The van der Waals surface area contributed by atoms with Crippen molar-refractivity contribution in [3.05, 3.63) is 70.4 Å². The van der Waals surface area contributed by atoms with Crippen LogP contribution in [0.25, 0.3) is 42.8 Å². The molecule has 2 aromatic carbocycles. The van der Waals surface area contributed by atoms with Crippen molar-refractivity contribution in [2.75, 3.05) is 92.6 Å². The zero-order valence-electron chi connectivity index (χ0n) is 41.8. The minimum atomic E-state index is -0.606. The summed E-state index contributed by atoms with van der Waals surface area (Å²) in [6, 6.07) is 15.2. The second kappa shape index (κ2) is 27.1. The smallest absolute Gasteiger partial charge is 0.371 e. The Balaban J connectivity index is 0.000000217. The van der Waals surface area contributed by atoms with E-state index in [0.717, 1.165) is 31.7 Å². The zero-order valence-corrected chi connectivity index (χ0v) is 47.1. The van der Waals surface area contributed by atoms with Gasteiger partial charge in [-0.25, -0.2) is 0 Å². The number of morpholine rings is 2. The average Bonchev–Trinajstić information content (AvgIpc) is 4.05. The molecule has 0 spiro atoms. The Hall–Kier alpha value is -5.63. The van der Waals surface area contributed by atoms with Crippen molar-refractivity contribution in [2.24, 2.45) is 0 Å². The van der Waals surface area contributed by atoms with Crippen LogP contribution >= 0.6 is 34.3 Å². The molecule has 0 unspecified atom stereocenters. The molecule has 24 heteroatoms. The summed E-state index contributed by atoms with van der Waals surface area (Å²) in [6.07, 6.45) is -0.336.